The minimum Gasteiger partial charge on any atom is -0.420 e. The first kappa shape index (κ1) is 21.8. The van der Waals surface area contributed by atoms with Crippen LogP contribution in [0.1, 0.15) is 5.69 Å². The molecule has 2 aromatic heterocycles. The average molecular weight is 471 g/mol. The zero-order chi connectivity index (χ0) is 22.8. The second-order valence-corrected chi connectivity index (χ2v) is 8.56. The maximum absolute atomic E-state index is 14.7. The standard InChI is InChI=1S/C15H11ClF4N4O5S/c1-22-8(15(18,19)20)5-9(25)24(14(22)26)11-7(17)4-6(16)10-12(11)29-13(21-10)23(2)30(3,27)28/h4-5H,1-3H3. The van der Waals surface area contributed by atoms with Crippen LogP contribution in [0.5, 0.6) is 0 Å². The Morgan fingerprint density at radius 3 is 2.37 bits per heavy atom. The van der Waals surface area contributed by atoms with E-state index in [1.165, 1.54) is 0 Å². The quantitative estimate of drug-likeness (QED) is 0.541. The number of fused-ring (bicyclic) bond motifs is 1. The fourth-order valence-electron chi connectivity index (χ4n) is 2.58. The average Bonchev–Trinajstić information content (AvgIpc) is 3.03. The number of alkyl halides is 3. The van der Waals surface area contributed by atoms with E-state index < -0.39 is 56.2 Å². The van der Waals surface area contributed by atoms with Crippen molar-refractivity contribution in [2.45, 2.75) is 6.18 Å². The molecule has 0 spiro atoms. The summed E-state index contributed by atoms with van der Waals surface area (Å²) in [4.78, 5) is 28.6. The summed E-state index contributed by atoms with van der Waals surface area (Å²) < 4.78 is 83.3. The van der Waals surface area contributed by atoms with E-state index in [0.29, 0.717) is 10.4 Å². The van der Waals surface area contributed by atoms with E-state index in [2.05, 4.69) is 4.98 Å². The Balaban J connectivity index is 2.44. The molecule has 1 aromatic carbocycles. The number of aromatic nitrogens is 3. The van der Waals surface area contributed by atoms with Crippen LogP contribution < -0.4 is 15.6 Å². The lowest BCUT2D eigenvalue weighted by Gasteiger charge is -2.14. The number of hydrogen-bond donors (Lipinski definition) is 0. The summed E-state index contributed by atoms with van der Waals surface area (Å²) in [5, 5.41) is -0.347. The second kappa shape index (κ2) is 6.84. The molecular formula is C15H11ClF4N4O5S. The van der Waals surface area contributed by atoms with Crippen LogP contribution in [0.3, 0.4) is 0 Å². The molecule has 0 fully saturated rings. The van der Waals surface area contributed by atoms with Crippen LogP contribution in [0, 0.1) is 5.82 Å². The number of rotatable bonds is 3. The van der Waals surface area contributed by atoms with Gasteiger partial charge < -0.3 is 4.42 Å². The van der Waals surface area contributed by atoms with Crippen molar-refractivity contribution in [1.29, 1.82) is 0 Å². The van der Waals surface area contributed by atoms with Gasteiger partial charge in [0.1, 0.15) is 16.9 Å². The van der Waals surface area contributed by atoms with Crippen LogP contribution in [0.25, 0.3) is 16.8 Å². The molecule has 162 valence electrons. The monoisotopic (exact) mass is 470 g/mol. The number of sulfonamides is 1. The molecule has 0 aliphatic rings. The van der Waals surface area contributed by atoms with Crippen molar-refractivity contribution < 1.29 is 30.4 Å². The van der Waals surface area contributed by atoms with Gasteiger partial charge in [-0.15, -0.1) is 0 Å². The van der Waals surface area contributed by atoms with Crippen molar-refractivity contribution >= 4 is 38.7 Å². The predicted octanol–water partition coefficient (Wildman–Crippen LogP) is 1.88. The van der Waals surface area contributed by atoms with E-state index in [4.69, 9.17) is 16.0 Å². The van der Waals surface area contributed by atoms with E-state index in [0.717, 1.165) is 20.4 Å². The maximum atomic E-state index is 14.7. The highest BCUT2D eigenvalue weighted by Gasteiger charge is 2.36. The SMILES string of the molecule is CN(c1nc2c(Cl)cc(F)c(-n3c(=O)cc(C(F)(F)F)n(C)c3=O)c2o1)S(C)(=O)=O. The molecule has 15 heteroatoms. The first-order valence-corrected chi connectivity index (χ1v) is 10.00. The Morgan fingerprint density at radius 2 is 1.83 bits per heavy atom. The highest BCUT2D eigenvalue weighted by Crippen LogP contribution is 2.34. The molecule has 9 nitrogen and oxygen atoms in total. The van der Waals surface area contributed by atoms with Crippen molar-refractivity contribution in [3.8, 4) is 5.69 Å². The van der Waals surface area contributed by atoms with Gasteiger partial charge in [-0.2, -0.15) is 18.2 Å². The van der Waals surface area contributed by atoms with E-state index in [9.17, 15) is 35.6 Å². The topological polar surface area (TPSA) is 107 Å². The largest absolute Gasteiger partial charge is 0.431 e. The third-order valence-electron chi connectivity index (χ3n) is 4.14. The molecule has 0 saturated heterocycles. The van der Waals surface area contributed by atoms with E-state index in [1.54, 1.807) is 0 Å². The zero-order valence-electron chi connectivity index (χ0n) is 15.3. The van der Waals surface area contributed by atoms with Gasteiger partial charge in [-0.1, -0.05) is 11.6 Å². The lowest BCUT2D eigenvalue weighted by molar-refractivity contribution is -0.144. The second-order valence-electron chi connectivity index (χ2n) is 6.14. The predicted molar refractivity (Wildman–Crippen MR) is 98.1 cm³/mol. The Kier molecular flexibility index (Phi) is 4.97. The van der Waals surface area contributed by atoms with Crippen molar-refractivity contribution in [3.05, 3.63) is 49.5 Å². The van der Waals surface area contributed by atoms with Crippen molar-refractivity contribution in [2.24, 2.45) is 7.05 Å². The van der Waals surface area contributed by atoms with Crippen LogP contribution in [-0.2, 0) is 23.2 Å². The number of oxazole rings is 1. The molecule has 2 heterocycles. The van der Waals surface area contributed by atoms with Crippen LogP contribution in [-0.4, -0.2) is 35.8 Å². The molecule has 0 aliphatic heterocycles. The molecule has 0 bridgehead atoms. The number of anilines is 1. The maximum Gasteiger partial charge on any atom is 0.431 e. The highest BCUT2D eigenvalue weighted by atomic mass is 35.5. The Hall–Kier alpha value is -2.87. The van der Waals surface area contributed by atoms with Gasteiger partial charge in [-0.05, 0) is 6.07 Å². The van der Waals surface area contributed by atoms with Gasteiger partial charge in [0.25, 0.3) is 5.56 Å². The smallest absolute Gasteiger partial charge is 0.420 e. The molecule has 0 N–H and O–H groups in total. The van der Waals surface area contributed by atoms with E-state index in [1.807, 2.05) is 0 Å². The normalized spacial score (nSPS) is 12.5. The van der Waals surface area contributed by atoms with Crippen molar-refractivity contribution in [1.82, 2.24) is 14.1 Å². The lowest BCUT2D eigenvalue weighted by atomic mass is 10.2. The first-order chi connectivity index (χ1) is 13.6. The summed E-state index contributed by atoms with van der Waals surface area (Å²) in [6.45, 7) is 0. The fraction of sp³-hybridized carbons (Fsp3) is 0.267. The molecule has 0 amide bonds. The van der Waals surface area contributed by atoms with Gasteiger partial charge in [0, 0.05) is 20.2 Å². The molecule has 0 radical (unpaired) electrons. The van der Waals surface area contributed by atoms with Gasteiger partial charge in [0.15, 0.2) is 11.4 Å². The fourth-order valence-corrected chi connectivity index (χ4v) is 3.16. The lowest BCUT2D eigenvalue weighted by Crippen LogP contribution is -2.41. The summed E-state index contributed by atoms with van der Waals surface area (Å²) >= 11 is 5.90. The molecule has 0 unspecified atom stereocenters. The number of benzene rings is 1. The Bertz CT molecular complexity index is 1410. The molecule has 30 heavy (non-hydrogen) atoms. The molecule has 0 saturated carbocycles. The van der Waals surface area contributed by atoms with Crippen molar-refractivity contribution in [2.75, 3.05) is 17.6 Å². The number of halogens is 5. The van der Waals surface area contributed by atoms with Gasteiger partial charge in [-0.3, -0.25) is 9.36 Å². The van der Waals surface area contributed by atoms with Crippen LogP contribution in [0.15, 0.2) is 26.1 Å². The number of nitrogens with zero attached hydrogens (tertiary/aromatic N) is 4. The van der Waals surface area contributed by atoms with Gasteiger partial charge in [-0.25, -0.2) is 26.5 Å². The summed E-state index contributed by atoms with van der Waals surface area (Å²) in [6.07, 6.45) is -4.20. The van der Waals surface area contributed by atoms with Gasteiger partial charge >= 0.3 is 17.9 Å². The third kappa shape index (κ3) is 3.45. The molecule has 3 rings (SSSR count). The summed E-state index contributed by atoms with van der Waals surface area (Å²) in [5.74, 6) is -1.28. The van der Waals surface area contributed by atoms with Gasteiger partial charge in [0.2, 0.25) is 10.0 Å². The van der Waals surface area contributed by atoms with Crippen LogP contribution >= 0.6 is 11.6 Å². The van der Waals surface area contributed by atoms with Crippen LogP contribution in [0.2, 0.25) is 5.02 Å². The molecule has 0 atom stereocenters. The minimum atomic E-state index is -5.02. The minimum absolute atomic E-state index is 0.110. The Labute approximate surface area is 169 Å². The van der Waals surface area contributed by atoms with Crippen molar-refractivity contribution in [3.63, 3.8) is 0 Å². The number of hydrogen-bond acceptors (Lipinski definition) is 6. The summed E-state index contributed by atoms with van der Waals surface area (Å²) in [6, 6.07) is 0.203. The highest BCUT2D eigenvalue weighted by molar-refractivity contribution is 7.92. The third-order valence-corrected chi connectivity index (χ3v) is 5.58. The summed E-state index contributed by atoms with van der Waals surface area (Å²) in [7, 11) is -2.06. The van der Waals surface area contributed by atoms with Gasteiger partial charge in [0.05, 0.1) is 11.3 Å². The Morgan fingerprint density at radius 1 is 1.23 bits per heavy atom. The molecule has 0 aliphatic carbocycles. The summed E-state index contributed by atoms with van der Waals surface area (Å²) in [5.41, 5.74) is -6.35. The molecule has 3 aromatic rings. The van der Waals surface area contributed by atoms with Crippen LogP contribution in [0.4, 0.5) is 23.6 Å². The molecular weight excluding hydrogens is 460 g/mol. The van der Waals surface area contributed by atoms with E-state index in [-0.39, 0.29) is 25.7 Å². The van der Waals surface area contributed by atoms with E-state index >= 15 is 0 Å². The zero-order valence-corrected chi connectivity index (χ0v) is 16.9. The first-order valence-electron chi connectivity index (χ1n) is 7.77.